The molecule has 0 aliphatic heterocycles. The number of carbonyl (C=O) groups is 1. The van der Waals surface area contributed by atoms with Gasteiger partial charge in [-0.05, 0) is 37.9 Å². The van der Waals surface area contributed by atoms with E-state index in [9.17, 15) is 4.79 Å². The van der Waals surface area contributed by atoms with E-state index < -0.39 is 0 Å². The summed E-state index contributed by atoms with van der Waals surface area (Å²) in [5.41, 5.74) is -0.234. The summed E-state index contributed by atoms with van der Waals surface area (Å²) in [4.78, 5) is 11.4. The van der Waals surface area contributed by atoms with E-state index in [1.165, 1.54) is 0 Å². The molecule has 1 rings (SSSR count). The van der Waals surface area contributed by atoms with Crippen molar-refractivity contribution in [2.75, 3.05) is 12.9 Å². The van der Waals surface area contributed by atoms with Crippen LogP contribution in [0.3, 0.4) is 0 Å². The molecule has 13 heavy (non-hydrogen) atoms. The first-order chi connectivity index (χ1) is 6.15. The van der Waals surface area contributed by atoms with Crippen LogP contribution in [-0.4, -0.2) is 18.8 Å². The second-order valence-electron chi connectivity index (χ2n) is 3.51. The summed E-state index contributed by atoms with van der Waals surface area (Å²) in [7, 11) is 0. The van der Waals surface area contributed by atoms with Crippen molar-refractivity contribution >= 4 is 17.7 Å². The average molecular weight is 200 g/mol. The Labute approximate surface area is 83.7 Å². The van der Waals surface area contributed by atoms with Crippen LogP contribution in [0.15, 0.2) is 11.5 Å². The van der Waals surface area contributed by atoms with E-state index in [0.29, 0.717) is 12.5 Å². The van der Waals surface area contributed by atoms with Crippen LogP contribution in [0.4, 0.5) is 0 Å². The number of ether oxygens (including phenoxy) is 1. The first-order valence-electron chi connectivity index (χ1n) is 4.52. The second kappa shape index (κ2) is 4.18. The maximum Gasteiger partial charge on any atom is 0.312 e. The highest BCUT2D eigenvalue weighted by atomic mass is 32.2. The zero-order valence-corrected chi connectivity index (χ0v) is 9.19. The van der Waals surface area contributed by atoms with Crippen molar-refractivity contribution in [3.8, 4) is 0 Å². The molecule has 1 fully saturated rings. The molecule has 2 nitrogen and oxygen atoms in total. The number of hydrogen-bond donors (Lipinski definition) is 0. The number of allylic oxidation sites excluding steroid dienone is 1. The molecule has 2 atom stereocenters. The molecule has 1 aliphatic rings. The zero-order valence-electron chi connectivity index (χ0n) is 8.37. The summed E-state index contributed by atoms with van der Waals surface area (Å²) in [5, 5.41) is 2.04. The van der Waals surface area contributed by atoms with Gasteiger partial charge >= 0.3 is 5.97 Å². The molecule has 0 spiro atoms. The van der Waals surface area contributed by atoms with Gasteiger partial charge in [-0.2, -0.15) is 0 Å². The Morgan fingerprint density at radius 3 is 3.00 bits per heavy atom. The maximum atomic E-state index is 11.4. The van der Waals surface area contributed by atoms with Crippen molar-refractivity contribution in [1.82, 2.24) is 0 Å². The first kappa shape index (κ1) is 10.6. The van der Waals surface area contributed by atoms with Gasteiger partial charge in [0.1, 0.15) is 0 Å². The third-order valence-corrected chi connectivity index (χ3v) is 2.92. The molecule has 74 valence electrons. The maximum absolute atomic E-state index is 11.4. The molecule has 0 N–H and O–H groups in total. The van der Waals surface area contributed by atoms with E-state index in [0.717, 1.165) is 6.42 Å². The van der Waals surface area contributed by atoms with Gasteiger partial charge in [0.05, 0.1) is 12.0 Å². The SMILES string of the molecule is CCOC(=O)[C@]1(C)C[C@H]1/C=C\SC. The minimum atomic E-state index is -0.234. The van der Waals surface area contributed by atoms with Crippen LogP contribution in [0.2, 0.25) is 0 Å². The third-order valence-electron chi connectivity index (χ3n) is 2.49. The van der Waals surface area contributed by atoms with Crippen LogP contribution in [0.5, 0.6) is 0 Å². The molecule has 1 aliphatic carbocycles. The van der Waals surface area contributed by atoms with Gasteiger partial charge in [-0.1, -0.05) is 6.08 Å². The van der Waals surface area contributed by atoms with Crippen molar-refractivity contribution in [2.45, 2.75) is 20.3 Å². The molecule has 0 saturated heterocycles. The zero-order chi connectivity index (χ0) is 9.90. The minimum Gasteiger partial charge on any atom is -0.466 e. The van der Waals surface area contributed by atoms with E-state index in [2.05, 4.69) is 6.08 Å². The van der Waals surface area contributed by atoms with Crippen molar-refractivity contribution in [1.29, 1.82) is 0 Å². The molecule has 0 bridgehead atoms. The van der Waals surface area contributed by atoms with Gasteiger partial charge in [0.25, 0.3) is 0 Å². The number of hydrogen-bond acceptors (Lipinski definition) is 3. The van der Waals surface area contributed by atoms with E-state index in [1.54, 1.807) is 11.8 Å². The molecular weight excluding hydrogens is 184 g/mol. The van der Waals surface area contributed by atoms with E-state index in [-0.39, 0.29) is 11.4 Å². The third kappa shape index (κ3) is 2.27. The summed E-state index contributed by atoms with van der Waals surface area (Å²) < 4.78 is 5.00. The Bertz CT molecular complexity index is 225. The van der Waals surface area contributed by atoms with Gasteiger partial charge in [0.15, 0.2) is 0 Å². The largest absolute Gasteiger partial charge is 0.466 e. The lowest BCUT2D eigenvalue weighted by Crippen LogP contribution is -2.17. The molecule has 0 aromatic rings. The fourth-order valence-corrected chi connectivity index (χ4v) is 1.73. The fourth-order valence-electron chi connectivity index (χ4n) is 1.38. The highest BCUT2D eigenvalue weighted by molar-refractivity contribution is 8.01. The molecule has 0 unspecified atom stereocenters. The molecule has 1 saturated carbocycles. The Kier molecular flexibility index (Phi) is 3.42. The summed E-state index contributed by atoms with van der Waals surface area (Å²) >= 11 is 1.66. The predicted octanol–water partition coefficient (Wildman–Crippen LogP) is 2.45. The molecule has 0 amide bonds. The first-order valence-corrected chi connectivity index (χ1v) is 5.80. The smallest absolute Gasteiger partial charge is 0.312 e. The van der Waals surface area contributed by atoms with Crippen molar-refractivity contribution in [3.63, 3.8) is 0 Å². The van der Waals surface area contributed by atoms with Gasteiger partial charge < -0.3 is 4.74 Å². The van der Waals surface area contributed by atoms with Crippen molar-refractivity contribution < 1.29 is 9.53 Å². The number of carbonyl (C=O) groups excluding carboxylic acids is 1. The summed E-state index contributed by atoms with van der Waals surface area (Å²) in [5.74, 6) is 0.338. The van der Waals surface area contributed by atoms with Crippen molar-refractivity contribution in [3.05, 3.63) is 11.5 Å². The van der Waals surface area contributed by atoms with E-state index in [1.807, 2.05) is 25.5 Å². The van der Waals surface area contributed by atoms with Crippen LogP contribution in [0, 0.1) is 11.3 Å². The molecule has 3 heteroatoms. The highest BCUT2D eigenvalue weighted by Crippen LogP contribution is 2.54. The van der Waals surface area contributed by atoms with Crippen molar-refractivity contribution in [2.24, 2.45) is 11.3 Å². The van der Waals surface area contributed by atoms with Gasteiger partial charge in [-0.15, -0.1) is 11.8 Å². The van der Waals surface area contributed by atoms with Crippen LogP contribution in [-0.2, 0) is 9.53 Å². The van der Waals surface area contributed by atoms with E-state index >= 15 is 0 Å². The van der Waals surface area contributed by atoms with Gasteiger partial charge in [0, 0.05) is 0 Å². The number of thioether (sulfide) groups is 1. The quantitative estimate of drug-likeness (QED) is 0.652. The highest BCUT2D eigenvalue weighted by Gasteiger charge is 2.55. The lowest BCUT2D eigenvalue weighted by molar-refractivity contribution is -0.149. The molecular formula is C10H16O2S. The summed E-state index contributed by atoms with van der Waals surface area (Å²) in [6.45, 7) is 4.30. The fraction of sp³-hybridized carbons (Fsp3) is 0.700. The Morgan fingerprint density at radius 1 is 1.77 bits per heavy atom. The standard InChI is InChI=1S/C10H16O2S/c1-4-12-9(11)10(2)7-8(10)5-6-13-3/h5-6,8H,4,7H2,1-3H3/b6-5-/t8-,10-/m1/s1. The molecule has 0 aromatic heterocycles. The van der Waals surface area contributed by atoms with Gasteiger partial charge in [0.2, 0.25) is 0 Å². The lowest BCUT2D eigenvalue weighted by Gasteiger charge is -2.07. The topological polar surface area (TPSA) is 26.3 Å². The minimum absolute atomic E-state index is 0.0502. The summed E-state index contributed by atoms with van der Waals surface area (Å²) in [6, 6.07) is 0. The van der Waals surface area contributed by atoms with Crippen LogP contribution in [0.25, 0.3) is 0 Å². The van der Waals surface area contributed by atoms with Crippen LogP contribution in [0.1, 0.15) is 20.3 Å². The van der Waals surface area contributed by atoms with Gasteiger partial charge in [-0.3, -0.25) is 4.79 Å². The number of esters is 1. The number of rotatable bonds is 4. The van der Waals surface area contributed by atoms with Gasteiger partial charge in [-0.25, -0.2) is 0 Å². The van der Waals surface area contributed by atoms with Crippen LogP contribution >= 0.6 is 11.8 Å². The second-order valence-corrected chi connectivity index (χ2v) is 4.26. The molecule has 0 radical (unpaired) electrons. The Balaban J connectivity index is 2.44. The Morgan fingerprint density at radius 2 is 2.46 bits per heavy atom. The molecule has 0 aromatic carbocycles. The lowest BCUT2D eigenvalue weighted by atomic mass is 10.1. The monoisotopic (exact) mass is 200 g/mol. The normalized spacial score (nSPS) is 32.1. The Hall–Kier alpha value is -0.440. The average Bonchev–Trinajstić information content (AvgIpc) is 2.76. The van der Waals surface area contributed by atoms with E-state index in [4.69, 9.17) is 4.74 Å². The molecule has 0 heterocycles. The summed E-state index contributed by atoms with van der Waals surface area (Å²) in [6.07, 6.45) is 5.05. The van der Waals surface area contributed by atoms with Crippen LogP contribution < -0.4 is 0 Å². The predicted molar refractivity (Wildman–Crippen MR) is 55.5 cm³/mol.